The first-order chi connectivity index (χ1) is 20.5. The van der Waals surface area contributed by atoms with Gasteiger partial charge < -0.3 is 4.74 Å². The van der Waals surface area contributed by atoms with E-state index in [1.165, 1.54) is 58.5 Å². The fraction of sp³-hybridized carbons (Fsp3) is 1.00. The summed E-state index contributed by atoms with van der Waals surface area (Å²) in [7, 11) is 0. The van der Waals surface area contributed by atoms with Crippen molar-refractivity contribution in [2.45, 2.75) is 169 Å². The van der Waals surface area contributed by atoms with E-state index in [1.54, 1.807) is 0 Å². The smallest absolute Gasteiger partial charge is 0.0593 e. The van der Waals surface area contributed by atoms with E-state index < -0.39 is 0 Å². The number of nitrogens with zero attached hydrogens (tertiary/aromatic N) is 6. The maximum Gasteiger partial charge on any atom is 0.0593 e. The maximum atomic E-state index is 6.37. The Morgan fingerprint density at radius 2 is 1.27 bits per heavy atom. The van der Waals surface area contributed by atoms with Gasteiger partial charge in [0.05, 0.1) is 6.61 Å². The standard InChI is InChI=1S/C37H76N6O/c1-29(2)38-18-14-19-39(21-20-38)31(5)16-23-44-24-22-42-32(6)25-40(36(9,10)11)28-35(42)15-17-37(12,13)41-26-33(7)43(30(3)4)34(8)27-41/h29-35H,14-28H2,1-13H3. The van der Waals surface area contributed by atoms with Crippen LogP contribution in [-0.2, 0) is 4.74 Å². The first-order valence-electron chi connectivity index (χ1n) is 18.6. The molecule has 0 radical (unpaired) electrons. The van der Waals surface area contributed by atoms with Crippen molar-refractivity contribution in [3.63, 3.8) is 0 Å². The number of rotatable bonds is 13. The van der Waals surface area contributed by atoms with Crippen LogP contribution in [-0.4, -0.2) is 155 Å². The molecule has 0 amide bonds. The summed E-state index contributed by atoms with van der Waals surface area (Å²) in [5, 5.41) is 0. The molecule has 3 fully saturated rings. The van der Waals surface area contributed by atoms with E-state index in [4.69, 9.17) is 4.74 Å². The zero-order valence-corrected chi connectivity index (χ0v) is 31.7. The minimum absolute atomic E-state index is 0.205. The zero-order valence-electron chi connectivity index (χ0n) is 31.7. The van der Waals surface area contributed by atoms with Gasteiger partial charge in [0.2, 0.25) is 0 Å². The summed E-state index contributed by atoms with van der Waals surface area (Å²) >= 11 is 0. The van der Waals surface area contributed by atoms with E-state index in [1.807, 2.05) is 0 Å². The van der Waals surface area contributed by atoms with Crippen molar-refractivity contribution in [3.05, 3.63) is 0 Å². The van der Waals surface area contributed by atoms with Gasteiger partial charge in [0.15, 0.2) is 0 Å². The second-order valence-corrected chi connectivity index (χ2v) is 17.1. The molecule has 7 heteroatoms. The van der Waals surface area contributed by atoms with E-state index in [9.17, 15) is 0 Å². The molecule has 0 aromatic rings. The van der Waals surface area contributed by atoms with Crippen LogP contribution in [0, 0.1) is 0 Å². The molecule has 0 aromatic heterocycles. The lowest BCUT2D eigenvalue weighted by molar-refractivity contribution is -0.0464. The van der Waals surface area contributed by atoms with Crippen molar-refractivity contribution in [2.24, 2.45) is 0 Å². The lowest BCUT2D eigenvalue weighted by Gasteiger charge is -2.53. The van der Waals surface area contributed by atoms with Crippen LogP contribution in [0.4, 0.5) is 0 Å². The third kappa shape index (κ3) is 10.6. The topological polar surface area (TPSA) is 28.7 Å². The van der Waals surface area contributed by atoms with E-state index in [0.717, 1.165) is 39.3 Å². The van der Waals surface area contributed by atoms with Crippen LogP contribution in [0.15, 0.2) is 0 Å². The minimum atomic E-state index is 0.205. The molecule has 3 heterocycles. The predicted molar refractivity (Wildman–Crippen MR) is 190 cm³/mol. The fourth-order valence-electron chi connectivity index (χ4n) is 8.57. The van der Waals surface area contributed by atoms with Crippen LogP contribution in [0.3, 0.4) is 0 Å². The van der Waals surface area contributed by atoms with Crippen molar-refractivity contribution in [2.75, 3.05) is 72.1 Å². The van der Waals surface area contributed by atoms with Crippen molar-refractivity contribution in [1.29, 1.82) is 0 Å². The summed E-state index contributed by atoms with van der Waals surface area (Å²) < 4.78 is 6.37. The third-order valence-corrected chi connectivity index (χ3v) is 11.5. The third-order valence-electron chi connectivity index (χ3n) is 11.5. The van der Waals surface area contributed by atoms with Gasteiger partial charge in [-0.3, -0.25) is 29.4 Å². The van der Waals surface area contributed by atoms with E-state index >= 15 is 0 Å². The monoisotopic (exact) mass is 621 g/mol. The lowest BCUT2D eigenvalue weighted by Crippen LogP contribution is -2.64. The molecule has 3 rings (SSSR count). The largest absolute Gasteiger partial charge is 0.380 e. The first kappa shape index (κ1) is 38.2. The molecule has 7 nitrogen and oxygen atoms in total. The Labute approximate surface area is 275 Å². The second kappa shape index (κ2) is 16.7. The van der Waals surface area contributed by atoms with Crippen molar-refractivity contribution >= 4 is 0 Å². The highest BCUT2D eigenvalue weighted by molar-refractivity contribution is 4.97. The van der Waals surface area contributed by atoms with Crippen LogP contribution in [0.2, 0.25) is 0 Å². The number of piperazine rings is 2. The molecule has 3 aliphatic heterocycles. The van der Waals surface area contributed by atoms with Crippen molar-refractivity contribution in [3.8, 4) is 0 Å². The zero-order chi connectivity index (χ0) is 32.8. The fourth-order valence-corrected chi connectivity index (χ4v) is 8.57. The molecule has 0 spiro atoms. The summed E-state index contributed by atoms with van der Waals surface area (Å²) in [6.45, 7) is 43.6. The molecule has 260 valence electrons. The van der Waals surface area contributed by atoms with Crippen LogP contribution in [0.1, 0.15) is 116 Å². The van der Waals surface area contributed by atoms with Gasteiger partial charge in [0, 0.05) is 106 Å². The summed E-state index contributed by atoms with van der Waals surface area (Å²) in [5.41, 5.74) is 0.412. The van der Waals surface area contributed by atoms with Gasteiger partial charge in [0.1, 0.15) is 0 Å². The first-order valence-corrected chi connectivity index (χ1v) is 18.6. The Morgan fingerprint density at radius 3 is 1.86 bits per heavy atom. The quantitative estimate of drug-likeness (QED) is 0.243. The van der Waals surface area contributed by atoms with Gasteiger partial charge in [0.25, 0.3) is 0 Å². The molecule has 3 saturated heterocycles. The van der Waals surface area contributed by atoms with Crippen molar-refractivity contribution < 1.29 is 4.74 Å². The van der Waals surface area contributed by atoms with E-state index in [2.05, 4.69) is 119 Å². The number of hydrogen-bond acceptors (Lipinski definition) is 7. The van der Waals surface area contributed by atoms with Gasteiger partial charge in [-0.05, 0) is 129 Å². The summed E-state index contributed by atoms with van der Waals surface area (Å²) in [5.74, 6) is 0. The highest BCUT2D eigenvalue weighted by atomic mass is 16.5. The number of hydrogen-bond donors (Lipinski definition) is 0. The molecule has 5 atom stereocenters. The molecule has 3 aliphatic rings. The van der Waals surface area contributed by atoms with Gasteiger partial charge in [-0.25, -0.2) is 0 Å². The van der Waals surface area contributed by atoms with Gasteiger partial charge in [-0.1, -0.05) is 0 Å². The van der Waals surface area contributed by atoms with Gasteiger partial charge in [-0.15, -0.1) is 0 Å². The Bertz CT molecular complexity index is 815. The summed E-state index contributed by atoms with van der Waals surface area (Å²) in [6, 6.07) is 4.20. The molecular formula is C37H76N6O. The molecule has 0 bridgehead atoms. The lowest BCUT2D eigenvalue weighted by atomic mass is 9.88. The molecular weight excluding hydrogens is 544 g/mol. The molecule has 0 aliphatic carbocycles. The SMILES string of the molecule is CC(C)N1CCCN(C(C)CCOCCN2C(C)CN(C(C)(C)C)CC2CCC(C)(C)N2CC(C)N(C(C)C)C(C)C2)CC1. The number of ether oxygens (including phenoxy) is 1. The highest BCUT2D eigenvalue weighted by Crippen LogP contribution is 2.31. The Balaban J connectivity index is 1.53. The maximum absolute atomic E-state index is 6.37. The molecule has 0 N–H and O–H groups in total. The predicted octanol–water partition coefficient (Wildman–Crippen LogP) is 5.73. The molecule has 0 aromatic carbocycles. The van der Waals surface area contributed by atoms with Crippen LogP contribution >= 0.6 is 0 Å². The van der Waals surface area contributed by atoms with Crippen molar-refractivity contribution in [1.82, 2.24) is 29.4 Å². The van der Waals surface area contributed by atoms with E-state index in [-0.39, 0.29) is 11.1 Å². The highest BCUT2D eigenvalue weighted by Gasteiger charge is 2.40. The molecule has 0 saturated carbocycles. The summed E-state index contributed by atoms with van der Waals surface area (Å²) in [4.78, 5) is 16.4. The van der Waals surface area contributed by atoms with Crippen LogP contribution < -0.4 is 0 Å². The van der Waals surface area contributed by atoms with Gasteiger partial charge in [-0.2, -0.15) is 0 Å². The minimum Gasteiger partial charge on any atom is -0.380 e. The van der Waals surface area contributed by atoms with Crippen LogP contribution in [0.25, 0.3) is 0 Å². The second-order valence-electron chi connectivity index (χ2n) is 17.1. The van der Waals surface area contributed by atoms with Crippen LogP contribution in [0.5, 0.6) is 0 Å². The molecule has 5 unspecified atom stereocenters. The normalized spacial score (nSPS) is 29.5. The van der Waals surface area contributed by atoms with Gasteiger partial charge >= 0.3 is 0 Å². The Hall–Kier alpha value is -0.280. The Morgan fingerprint density at radius 1 is 0.682 bits per heavy atom. The average Bonchev–Trinajstić information content (AvgIpc) is 3.18. The molecule has 44 heavy (non-hydrogen) atoms. The van der Waals surface area contributed by atoms with E-state index in [0.29, 0.717) is 42.3 Å². The average molecular weight is 621 g/mol. The Kier molecular flexibility index (Phi) is 14.5. The summed E-state index contributed by atoms with van der Waals surface area (Å²) in [6.07, 6.45) is 4.90.